The summed E-state index contributed by atoms with van der Waals surface area (Å²) in [6.45, 7) is 14.6. The molecule has 0 radical (unpaired) electrons. The van der Waals surface area contributed by atoms with E-state index in [0.29, 0.717) is 5.92 Å². The first-order valence-electron chi connectivity index (χ1n) is 7.86. The lowest BCUT2D eigenvalue weighted by molar-refractivity contribution is 0.493. The lowest BCUT2D eigenvalue weighted by atomic mass is 9.86. The zero-order valence-electron chi connectivity index (χ0n) is 14.2. The van der Waals surface area contributed by atoms with Crippen LogP contribution in [0.2, 0.25) is 0 Å². The summed E-state index contributed by atoms with van der Waals surface area (Å²) in [5.41, 5.74) is 5.91. The van der Waals surface area contributed by atoms with Crippen molar-refractivity contribution in [3.05, 3.63) is 71.7 Å². The van der Waals surface area contributed by atoms with E-state index >= 15 is 0 Å². The molecule has 1 unspecified atom stereocenters. The number of rotatable bonds is 6. The number of nitrogens with zero attached hydrogens (tertiary/aromatic N) is 2. The second-order valence-electron chi connectivity index (χ2n) is 5.99. The van der Waals surface area contributed by atoms with Crippen molar-refractivity contribution in [2.24, 2.45) is 10.9 Å². The molecule has 1 aliphatic rings. The van der Waals surface area contributed by atoms with Crippen LogP contribution in [0.15, 0.2) is 71.1 Å². The highest BCUT2D eigenvalue weighted by atomic mass is 15.2. The zero-order valence-corrected chi connectivity index (χ0v) is 14.2. The summed E-state index contributed by atoms with van der Waals surface area (Å²) in [4.78, 5) is 6.95. The number of allylic oxidation sites excluding steroid dienone is 3. The van der Waals surface area contributed by atoms with Crippen molar-refractivity contribution in [2.75, 3.05) is 7.05 Å². The molecule has 0 bridgehead atoms. The Hall–Kier alpha value is -2.09. The van der Waals surface area contributed by atoms with Gasteiger partial charge in [-0.3, -0.25) is 0 Å². The van der Waals surface area contributed by atoms with Crippen molar-refractivity contribution in [1.82, 2.24) is 4.90 Å². The molecule has 0 aromatic heterocycles. The fourth-order valence-corrected chi connectivity index (χ4v) is 2.90. The second kappa shape index (κ2) is 6.78. The van der Waals surface area contributed by atoms with Crippen LogP contribution in [0, 0.1) is 5.92 Å². The number of aliphatic imine (C=N–C) groups is 1. The van der Waals surface area contributed by atoms with Crippen LogP contribution in [-0.2, 0) is 6.42 Å². The average Bonchev–Trinajstić information content (AvgIpc) is 2.83. The van der Waals surface area contributed by atoms with E-state index in [9.17, 15) is 0 Å². The molecule has 1 heterocycles. The minimum absolute atomic E-state index is 0.307. The largest absolute Gasteiger partial charge is 0.334 e. The first-order valence-corrected chi connectivity index (χ1v) is 7.86. The zero-order chi connectivity index (χ0) is 16.3. The Bertz CT molecular complexity index is 635. The molecular formula is C20H26N2. The van der Waals surface area contributed by atoms with Gasteiger partial charge in [0, 0.05) is 29.9 Å². The van der Waals surface area contributed by atoms with Crippen molar-refractivity contribution >= 4 is 5.71 Å². The first-order chi connectivity index (χ1) is 10.5. The number of hydrogen-bond acceptors (Lipinski definition) is 2. The average molecular weight is 294 g/mol. The highest BCUT2D eigenvalue weighted by molar-refractivity contribution is 5.92. The molecule has 0 aliphatic carbocycles. The van der Waals surface area contributed by atoms with Gasteiger partial charge in [-0.05, 0) is 32.3 Å². The molecule has 0 saturated carbocycles. The van der Waals surface area contributed by atoms with Crippen LogP contribution in [0.1, 0.15) is 32.8 Å². The summed E-state index contributed by atoms with van der Waals surface area (Å²) in [6, 6.07) is 10.6. The smallest absolute Gasteiger partial charge is 0.136 e. The summed E-state index contributed by atoms with van der Waals surface area (Å²) in [5, 5.41) is 0. The van der Waals surface area contributed by atoms with Gasteiger partial charge in [-0.2, -0.15) is 0 Å². The minimum Gasteiger partial charge on any atom is -0.334 e. The van der Waals surface area contributed by atoms with E-state index in [0.717, 1.165) is 35.6 Å². The lowest BCUT2D eigenvalue weighted by Gasteiger charge is -2.23. The second-order valence-corrected chi connectivity index (χ2v) is 5.99. The van der Waals surface area contributed by atoms with Crippen LogP contribution in [0.4, 0.5) is 0 Å². The Morgan fingerprint density at radius 2 is 1.86 bits per heavy atom. The highest BCUT2D eigenvalue weighted by Gasteiger charge is 2.30. The third-order valence-electron chi connectivity index (χ3n) is 4.32. The van der Waals surface area contributed by atoms with Crippen molar-refractivity contribution in [3.63, 3.8) is 0 Å². The molecule has 116 valence electrons. The third kappa shape index (κ3) is 3.22. The summed E-state index contributed by atoms with van der Waals surface area (Å²) < 4.78 is 0. The maximum Gasteiger partial charge on any atom is 0.136 e. The Balaban J connectivity index is 2.38. The van der Waals surface area contributed by atoms with Gasteiger partial charge < -0.3 is 4.90 Å². The van der Waals surface area contributed by atoms with Gasteiger partial charge in [0.05, 0.1) is 0 Å². The van der Waals surface area contributed by atoms with Crippen LogP contribution in [0.25, 0.3) is 0 Å². The molecule has 2 rings (SSSR count). The number of hydrogen-bond donors (Lipinski definition) is 0. The van der Waals surface area contributed by atoms with E-state index < -0.39 is 0 Å². The molecular weight excluding hydrogens is 268 g/mol. The molecule has 22 heavy (non-hydrogen) atoms. The van der Waals surface area contributed by atoms with Crippen molar-refractivity contribution < 1.29 is 0 Å². The minimum atomic E-state index is 0.307. The van der Waals surface area contributed by atoms with Crippen LogP contribution in [0.5, 0.6) is 0 Å². The van der Waals surface area contributed by atoms with Crippen LogP contribution < -0.4 is 0 Å². The van der Waals surface area contributed by atoms with Crippen molar-refractivity contribution in [1.29, 1.82) is 0 Å². The highest BCUT2D eigenvalue weighted by Crippen LogP contribution is 2.35. The van der Waals surface area contributed by atoms with E-state index in [4.69, 9.17) is 4.99 Å². The van der Waals surface area contributed by atoms with Gasteiger partial charge >= 0.3 is 0 Å². The monoisotopic (exact) mass is 294 g/mol. The van der Waals surface area contributed by atoms with Crippen LogP contribution >= 0.6 is 0 Å². The molecule has 0 fully saturated rings. The van der Waals surface area contributed by atoms with Gasteiger partial charge in [0.15, 0.2) is 0 Å². The van der Waals surface area contributed by atoms with Gasteiger partial charge in [-0.25, -0.2) is 4.99 Å². The van der Waals surface area contributed by atoms with Crippen molar-refractivity contribution in [2.45, 2.75) is 33.6 Å². The molecule has 0 N–H and O–H groups in total. The molecule has 1 aromatic carbocycles. The Morgan fingerprint density at radius 1 is 1.23 bits per heavy atom. The van der Waals surface area contributed by atoms with E-state index in [1.54, 1.807) is 0 Å². The van der Waals surface area contributed by atoms with Crippen LogP contribution in [0.3, 0.4) is 0 Å². The Labute approximate surface area is 134 Å². The van der Waals surface area contributed by atoms with Crippen molar-refractivity contribution in [3.8, 4) is 0 Å². The molecule has 1 aromatic rings. The standard InChI is InChI=1S/C20H26N2/c1-7-15(4)22(6)20-19(14(2)3)18(16(5)21-20)13-17-11-9-8-10-12-17/h8-12,18H,2,4,7,13H2,1,3,5-6H3. The quantitative estimate of drug-likeness (QED) is 0.723. The molecule has 2 heteroatoms. The molecule has 1 aliphatic heterocycles. The molecule has 0 saturated heterocycles. The van der Waals surface area contributed by atoms with E-state index in [-0.39, 0.29) is 0 Å². The summed E-state index contributed by atoms with van der Waals surface area (Å²) >= 11 is 0. The summed E-state index contributed by atoms with van der Waals surface area (Å²) in [7, 11) is 2.05. The first kappa shape index (κ1) is 16.3. The fraction of sp³-hybridized carbons (Fsp3) is 0.350. The Kier molecular flexibility index (Phi) is 5.02. The fourth-order valence-electron chi connectivity index (χ4n) is 2.90. The summed E-state index contributed by atoms with van der Waals surface area (Å²) in [5.74, 6) is 1.32. The maximum atomic E-state index is 4.84. The molecule has 2 nitrogen and oxygen atoms in total. The third-order valence-corrected chi connectivity index (χ3v) is 4.32. The normalized spacial score (nSPS) is 17.5. The molecule has 1 atom stereocenters. The summed E-state index contributed by atoms with van der Waals surface area (Å²) in [6.07, 6.45) is 1.88. The van der Waals surface area contributed by atoms with Gasteiger partial charge in [-0.1, -0.05) is 56.0 Å². The van der Waals surface area contributed by atoms with E-state index in [1.165, 1.54) is 11.1 Å². The van der Waals surface area contributed by atoms with Gasteiger partial charge in [0.2, 0.25) is 0 Å². The molecule has 0 amide bonds. The van der Waals surface area contributed by atoms with E-state index in [1.807, 2.05) is 7.05 Å². The SMILES string of the molecule is C=C(C)C1=C(N(C)C(=C)CC)N=C(C)C1Cc1ccccc1. The van der Waals surface area contributed by atoms with Gasteiger partial charge in [0.1, 0.15) is 5.82 Å². The maximum absolute atomic E-state index is 4.84. The van der Waals surface area contributed by atoms with Gasteiger partial charge in [0.25, 0.3) is 0 Å². The van der Waals surface area contributed by atoms with E-state index in [2.05, 4.69) is 69.2 Å². The topological polar surface area (TPSA) is 15.6 Å². The van der Waals surface area contributed by atoms with Crippen LogP contribution in [-0.4, -0.2) is 17.7 Å². The Morgan fingerprint density at radius 3 is 2.41 bits per heavy atom. The van der Waals surface area contributed by atoms with Gasteiger partial charge in [-0.15, -0.1) is 0 Å². The number of benzene rings is 1. The lowest BCUT2D eigenvalue weighted by Crippen LogP contribution is -2.18. The predicted octanol–water partition coefficient (Wildman–Crippen LogP) is 4.96. The molecule has 0 spiro atoms. The predicted molar refractivity (Wildman–Crippen MR) is 95.8 cm³/mol.